The second-order valence-electron chi connectivity index (χ2n) is 5.81. The third kappa shape index (κ3) is 3.16. The van der Waals surface area contributed by atoms with E-state index in [1.54, 1.807) is 23.4 Å². The van der Waals surface area contributed by atoms with E-state index in [2.05, 4.69) is 15.5 Å². The van der Waals surface area contributed by atoms with Gasteiger partial charge in [-0.1, -0.05) is 11.8 Å². The highest BCUT2D eigenvalue weighted by Crippen LogP contribution is 2.37. The number of aromatic nitrogens is 3. The summed E-state index contributed by atoms with van der Waals surface area (Å²) in [6.45, 7) is 3.90. The highest BCUT2D eigenvalue weighted by atomic mass is 32.2. The Kier molecular flexibility index (Phi) is 4.77. The molecular weight excluding hydrogens is 290 g/mol. The predicted octanol–water partition coefficient (Wildman–Crippen LogP) is 0.630. The second-order valence-corrected chi connectivity index (χ2v) is 7.08. The van der Waals surface area contributed by atoms with Crippen molar-refractivity contribution in [2.45, 2.75) is 61.5 Å². The highest BCUT2D eigenvalue weighted by molar-refractivity contribution is 7.99. The summed E-state index contributed by atoms with van der Waals surface area (Å²) in [5, 5.41) is 10.6. The van der Waals surface area contributed by atoms with Gasteiger partial charge >= 0.3 is 5.69 Å². The van der Waals surface area contributed by atoms with Crippen molar-refractivity contribution in [3.8, 4) is 0 Å². The smallest absolute Gasteiger partial charge is 0.344 e. The molecule has 2 atom stereocenters. The van der Waals surface area contributed by atoms with Gasteiger partial charge in [0.2, 0.25) is 5.91 Å². The van der Waals surface area contributed by atoms with E-state index in [0.717, 1.165) is 19.3 Å². The Balaban J connectivity index is 2.17. The molecule has 0 aromatic carbocycles. The van der Waals surface area contributed by atoms with Crippen LogP contribution in [0.25, 0.3) is 0 Å². The summed E-state index contributed by atoms with van der Waals surface area (Å²) in [6.07, 6.45) is 3.33. The first-order chi connectivity index (χ1) is 9.89. The van der Waals surface area contributed by atoms with Crippen LogP contribution in [0.1, 0.15) is 45.6 Å². The van der Waals surface area contributed by atoms with Gasteiger partial charge in [0.25, 0.3) is 0 Å². The molecule has 0 spiro atoms. The van der Waals surface area contributed by atoms with Gasteiger partial charge in [-0.05, 0) is 46.6 Å². The van der Waals surface area contributed by atoms with Crippen molar-refractivity contribution in [3.05, 3.63) is 10.5 Å². The summed E-state index contributed by atoms with van der Waals surface area (Å²) in [4.78, 5) is 23.5. The number of nitrogens with one attached hydrogen (secondary N) is 2. The van der Waals surface area contributed by atoms with Crippen molar-refractivity contribution in [1.29, 1.82) is 0 Å². The van der Waals surface area contributed by atoms with E-state index in [1.165, 1.54) is 0 Å². The lowest BCUT2D eigenvalue weighted by molar-refractivity contribution is -0.125. The number of thioether (sulfide) groups is 1. The lowest BCUT2D eigenvalue weighted by Gasteiger charge is -2.37. The van der Waals surface area contributed by atoms with Gasteiger partial charge < -0.3 is 11.1 Å². The van der Waals surface area contributed by atoms with Crippen LogP contribution in [-0.4, -0.2) is 38.5 Å². The standard InChI is InChI=1S/C13H23N5O2S/c1-8(2)18-11(20)16-17-12(18)21-9-5-4-6-13(7-9,15-3)10(14)19/h8-9,15H,4-7H2,1-3H3,(H2,14,19)(H,16,20). The minimum Gasteiger partial charge on any atom is -0.368 e. The van der Waals surface area contributed by atoms with Crippen LogP contribution in [-0.2, 0) is 4.79 Å². The third-order valence-corrected chi connectivity index (χ3v) is 5.35. The van der Waals surface area contributed by atoms with E-state index < -0.39 is 5.54 Å². The van der Waals surface area contributed by atoms with Crippen LogP contribution in [0, 0.1) is 0 Å². The predicted molar refractivity (Wildman–Crippen MR) is 82.3 cm³/mol. The molecule has 0 bridgehead atoms. The maximum absolute atomic E-state index is 11.8. The SMILES string of the molecule is CNC1(C(N)=O)CCCC(Sc2n[nH]c(=O)n2C(C)C)C1. The Hall–Kier alpha value is -1.28. The molecular formula is C13H23N5O2S. The van der Waals surface area contributed by atoms with Gasteiger partial charge in [-0.3, -0.25) is 9.36 Å². The fourth-order valence-corrected chi connectivity index (χ4v) is 4.33. The number of rotatable bonds is 5. The monoisotopic (exact) mass is 313 g/mol. The van der Waals surface area contributed by atoms with Crippen LogP contribution in [0.15, 0.2) is 9.95 Å². The number of amides is 1. The van der Waals surface area contributed by atoms with E-state index in [9.17, 15) is 9.59 Å². The summed E-state index contributed by atoms with van der Waals surface area (Å²) in [6, 6.07) is 0.0486. The number of H-pyrrole nitrogens is 1. The van der Waals surface area contributed by atoms with E-state index in [0.29, 0.717) is 11.6 Å². The van der Waals surface area contributed by atoms with Crippen LogP contribution in [0.3, 0.4) is 0 Å². The van der Waals surface area contributed by atoms with Crippen LogP contribution in [0.4, 0.5) is 0 Å². The Morgan fingerprint density at radius 2 is 2.33 bits per heavy atom. The summed E-state index contributed by atoms with van der Waals surface area (Å²) in [7, 11) is 1.77. The van der Waals surface area contributed by atoms with Crippen molar-refractivity contribution >= 4 is 17.7 Å². The van der Waals surface area contributed by atoms with Crippen molar-refractivity contribution in [2.75, 3.05) is 7.05 Å². The van der Waals surface area contributed by atoms with Crippen molar-refractivity contribution < 1.29 is 4.79 Å². The number of primary amides is 1. The van der Waals surface area contributed by atoms with E-state index in [1.807, 2.05) is 13.8 Å². The molecule has 0 radical (unpaired) electrons. The highest BCUT2D eigenvalue weighted by Gasteiger charge is 2.40. The summed E-state index contributed by atoms with van der Waals surface area (Å²) in [5.74, 6) is -0.307. The number of carbonyl (C=O) groups excluding carboxylic acids is 1. The molecule has 1 amide bonds. The zero-order chi connectivity index (χ0) is 15.6. The lowest BCUT2D eigenvalue weighted by Crippen LogP contribution is -2.57. The topological polar surface area (TPSA) is 106 Å². The maximum Gasteiger partial charge on any atom is 0.344 e. The number of nitrogens with zero attached hydrogens (tertiary/aromatic N) is 2. The Morgan fingerprint density at radius 3 is 2.90 bits per heavy atom. The van der Waals surface area contributed by atoms with Crippen LogP contribution < -0.4 is 16.7 Å². The molecule has 4 N–H and O–H groups in total. The summed E-state index contributed by atoms with van der Waals surface area (Å²) >= 11 is 1.55. The van der Waals surface area contributed by atoms with Crippen molar-refractivity contribution in [3.63, 3.8) is 0 Å². The number of hydrogen-bond donors (Lipinski definition) is 3. The Labute approximate surface area is 128 Å². The van der Waals surface area contributed by atoms with Crippen LogP contribution >= 0.6 is 11.8 Å². The minimum atomic E-state index is -0.644. The number of likely N-dealkylation sites (N-methyl/N-ethyl adjacent to an activating group) is 1. The molecule has 0 aliphatic heterocycles. The molecule has 2 unspecified atom stereocenters. The zero-order valence-corrected chi connectivity index (χ0v) is 13.5. The van der Waals surface area contributed by atoms with E-state index in [-0.39, 0.29) is 22.9 Å². The molecule has 1 heterocycles. The molecule has 118 valence electrons. The Bertz CT molecular complexity index is 567. The fraction of sp³-hybridized carbons (Fsp3) is 0.769. The number of carbonyl (C=O) groups is 1. The van der Waals surface area contributed by atoms with Crippen molar-refractivity contribution in [2.24, 2.45) is 5.73 Å². The van der Waals surface area contributed by atoms with Gasteiger partial charge in [0.05, 0.1) is 5.54 Å². The first-order valence-electron chi connectivity index (χ1n) is 7.22. The Morgan fingerprint density at radius 1 is 1.62 bits per heavy atom. The molecule has 1 aromatic heterocycles. The van der Waals surface area contributed by atoms with Gasteiger partial charge in [0, 0.05) is 11.3 Å². The minimum absolute atomic E-state index is 0.0486. The molecule has 21 heavy (non-hydrogen) atoms. The largest absolute Gasteiger partial charge is 0.368 e. The molecule has 1 fully saturated rings. The zero-order valence-electron chi connectivity index (χ0n) is 12.7. The number of nitrogens with two attached hydrogens (primary N) is 1. The first-order valence-corrected chi connectivity index (χ1v) is 8.10. The lowest BCUT2D eigenvalue weighted by atomic mass is 9.81. The first kappa shape index (κ1) is 16.1. The van der Waals surface area contributed by atoms with E-state index >= 15 is 0 Å². The van der Waals surface area contributed by atoms with Gasteiger partial charge in [-0.15, -0.1) is 5.10 Å². The molecule has 8 heteroatoms. The molecule has 1 aliphatic rings. The molecule has 1 saturated carbocycles. The molecule has 1 aromatic rings. The second kappa shape index (κ2) is 6.23. The maximum atomic E-state index is 11.8. The van der Waals surface area contributed by atoms with Gasteiger partial charge in [0.15, 0.2) is 5.16 Å². The summed E-state index contributed by atoms with van der Waals surface area (Å²) in [5.41, 5.74) is 4.72. The normalized spacial score (nSPS) is 26.2. The average Bonchev–Trinajstić information content (AvgIpc) is 2.79. The van der Waals surface area contributed by atoms with Gasteiger partial charge in [-0.2, -0.15) is 0 Å². The molecule has 1 aliphatic carbocycles. The third-order valence-electron chi connectivity index (χ3n) is 4.12. The quantitative estimate of drug-likeness (QED) is 0.739. The van der Waals surface area contributed by atoms with Gasteiger partial charge in [-0.25, -0.2) is 9.89 Å². The fourth-order valence-electron chi connectivity index (χ4n) is 2.88. The molecule has 0 saturated heterocycles. The number of aromatic amines is 1. The van der Waals surface area contributed by atoms with Crippen molar-refractivity contribution in [1.82, 2.24) is 20.1 Å². The average molecular weight is 313 g/mol. The summed E-state index contributed by atoms with van der Waals surface area (Å²) < 4.78 is 1.64. The molecule has 7 nitrogen and oxygen atoms in total. The van der Waals surface area contributed by atoms with E-state index in [4.69, 9.17) is 5.73 Å². The molecule has 2 rings (SSSR count). The number of hydrogen-bond acceptors (Lipinski definition) is 5. The van der Waals surface area contributed by atoms with Crippen LogP contribution in [0.2, 0.25) is 0 Å². The van der Waals surface area contributed by atoms with Gasteiger partial charge in [0.1, 0.15) is 0 Å². The van der Waals surface area contributed by atoms with Crippen LogP contribution in [0.5, 0.6) is 0 Å².